The van der Waals surface area contributed by atoms with Gasteiger partial charge in [-0.3, -0.25) is 0 Å². The van der Waals surface area contributed by atoms with Gasteiger partial charge >= 0.3 is 0 Å². The maximum atomic E-state index is 6.70. The van der Waals surface area contributed by atoms with Crippen LogP contribution in [0.4, 0.5) is 0 Å². The molecule has 0 saturated heterocycles. The van der Waals surface area contributed by atoms with Crippen LogP contribution in [0.15, 0.2) is 192 Å². The second-order valence-electron chi connectivity index (χ2n) is 15.5. The summed E-state index contributed by atoms with van der Waals surface area (Å²) in [5.41, 5.74) is 10.1. The van der Waals surface area contributed by atoms with Crippen molar-refractivity contribution in [2.45, 2.75) is 0 Å². The standard InChI is InChI=1S/C55H31N5OS2/c1-3-15-32(16-4-1)52-56-48-39-22-8-10-30-45(39)63-51(48)49(57-52)40-25-13-27-42-46(40)47-41(26-14-28-43(47)61-42)55-59-53(33-17-5-2-6-18-33)58-54(60-55)35-20-11-19-34(31-35)36-23-12-24-38-37-21-7-9-29-44(37)62-50(36)38/h1-31H. The minimum absolute atomic E-state index is 0.554. The molecule has 0 bridgehead atoms. The number of fused-ring (bicyclic) bond motifs is 9. The fraction of sp³-hybridized carbons (Fsp3) is 0. The van der Waals surface area contributed by atoms with Crippen molar-refractivity contribution in [3.8, 4) is 67.9 Å². The Morgan fingerprint density at radius 2 is 0.841 bits per heavy atom. The molecular weight excluding hydrogens is 811 g/mol. The molecule has 63 heavy (non-hydrogen) atoms. The SMILES string of the molecule is c1ccc(-c2nc(-c3cccc(-c4cccc5c4sc4ccccc45)c3)nc(-c3cccc4oc5cccc(-c6nc(-c7ccccc7)nc7c6sc6ccccc67)c5c34)n2)cc1. The lowest BCUT2D eigenvalue weighted by atomic mass is 9.99. The van der Waals surface area contributed by atoms with E-state index >= 15 is 0 Å². The van der Waals surface area contributed by atoms with E-state index in [1.165, 1.54) is 25.7 Å². The van der Waals surface area contributed by atoms with Gasteiger partial charge in [0.05, 0.1) is 15.9 Å². The zero-order chi connectivity index (χ0) is 41.4. The predicted molar refractivity (Wildman–Crippen MR) is 261 cm³/mol. The average Bonchev–Trinajstić information content (AvgIpc) is 4.06. The highest BCUT2D eigenvalue weighted by atomic mass is 32.1. The Kier molecular flexibility index (Phi) is 8.15. The third kappa shape index (κ3) is 5.87. The van der Waals surface area contributed by atoms with Crippen LogP contribution in [-0.4, -0.2) is 24.9 Å². The van der Waals surface area contributed by atoms with Crippen LogP contribution in [0.5, 0.6) is 0 Å². The first-order chi connectivity index (χ1) is 31.2. The monoisotopic (exact) mass is 841 g/mol. The van der Waals surface area contributed by atoms with Gasteiger partial charge in [0.25, 0.3) is 0 Å². The number of thiophene rings is 2. The normalized spacial score (nSPS) is 11.8. The number of hydrogen-bond donors (Lipinski definition) is 0. The second-order valence-corrected chi connectivity index (χ2v) is 17.6. The highest BCUT2D eigenvalue weighted by Crippen LogP contribution is 2.46. The van der Waals surface area contributed by atoms with Crippen LogP contribution in [-0.2, 0) is 0 Å². The zero-order valence-corrected chi connectivity index (χ0v) is 35.0. The van der Waals surface area contributed by atoms with Gasteiger partial charge in [-0.1, -0.05) is 158 Å². The Bertz CT molecular complexity index is 3930. The number of nitrogens with zero attached hydrogens (tertiary/aromatic N) is 5. The molecule has 0 spiro atoms. The minimum Gasteiger partial charge on any atom is -0.456 e. The summed E-state index contributed by atoms with van der Waals surface area (Å²) in [6.45, 7) is 0. The fourth-order valence-electron chi connectivity index (χ4n) is 8.88. The van der Waals surface area contributed by atoms with Crippen LogP contribution in [0.1, 0.15) is 0 Å². The Morgan fingerprint density at radius 1 is 0.333 bits per heavy atom. The quantitative estimate of drug-likeness (QED) is 0.166. The van der Waals surface area contributed by atoms with Gasteiger partial charge in [0.2, 0.25) is 0 Å². The smallest absolute Gasteiger partial charge is 0.164 e. The van der Waals surface area contributed by atoms with E-state index in [-0.39, 0.29) is 0 Å². The highest BCUT2D eigenvalue weighted by molar-refractivity contribution is 7.26. The summed E-state index contributed by atoms with van der Waals surface area (Å²) in [7, 11) is 0. The molecule has 0 atom stereocenters. The van der Waals surface area contributed by atoms with Crippen molar-refractivity contribution in [1.29, 1.82) is 0 Å². The molecule has 294 valence electrons. The van der Waals surface area contributed by atoms with Gasteiger partial charge in [-0.2, -0.15) is 0 Å². The van der Waals surface area contributed by atoms with E-state index in [0.717, 1.165) is 81.3 Å². The van der Waals surface area contributed by atoms with Crippen molar-refractivity contribution in [2.24, 2.45) is 0 Å². The molecule has 0 aliphatic carbocycles. The van der Waals surface area contributed by atoms with E-state index in [1.54, 1.807) is 11.3 Å². The molecule has 0 radical (unpaired) electrons. The molecule has 0 saturated carbocycles. The van der Waals surface area contributed by atoms with E-state index in [2.05, 4.69) is 115 Å². The Hall–Kier alpha value is -7.91. The van der Waals surface area contributed by atoms with Crippen molar-refractivity contribution < 1.29 is 4.42 Å². The van der Waals surface area contributed by atoms with Gasteiger partial charge in [-0.15, -0.1) is 22.7 Å². The summed E-state index contributed by atoms with van der Waals surface area (Å²) >= 11 is 3.55. The lowest BCUT2D eigenvalue weighted by Crippen LogP contribution is -2.00. The van der Waals surface area contributed by atoms with Crippen LogP contribution in [0.3, 0.4) is 0 Å². The van der Waals surface area contributed by atoms with E-state index in [0.29, 0.717) is 23.3 Å². The van der Waals surface area contributed by atoms with Gasteiger partial charge in [-0.25, -0.2) is 24.9 Å². The maximum Gasteiger partial charge on any atom is 0.164 e. The lowest BCUT2D eigenvalue weighted by molar-refractivity contribution is 0.669. The van der Waals surface area contributed by atoms with Crippen LogP contribution >= 0.6 is 22.7 Å². The van der Waals surface area contributed by atoms with Crippen molar-refractivity contribution in [3.05, 3.63) is 188 Å². The average molecular weight is 842 g/mol. The molecule has 0 N–H and O–H groups in total. The van der Waals surface area contributed by atoms with Crippen LogP contribution in [0, 0.1) is 0 Å². The lowest BCUT2D eigenvalue weighted by Gasteiger charge is -2.11. The van der Waals surface area contributed by atoms with Crippen LogP contribution in [0.2, 0.25) is 0 Å². The second kappa shape index (κ2) is 14.3. The van der Waals surface area contributed by atoms with Crippen molar-refractivity contribution in [3.63, 3.8) is 0 Å². The van der Waals surface area contributed by atoms with Gasteiger partial charge < -0.3 is 4.42 Å². The Balaban J connectivity index is 1.04. The molecule has 8 heteroatoms. The molecule has 8 aromatic carbocycles. The van der Waals surface area contributed by atoms with Gasteiger partial charge in [0.1, 0.15) is 11.2 Å². The Labute approximate surface area is 368 Å². The van der Waals surface area contributed by atoms with Crippen LogP contribution < -0.4 is 0 Å². The van der Waals surface area contributed by atoms with Gasteiger partial charge in [0.15, 0.2) is 23.3 Å². The van der Waals surface area contributed by atoms with E-state index in [4.69, 9.17) is 29.3 Å². The maximum absolute atomic E-state index is 6.70. The third-order valence-corrected chi connectivity index (χ3v) is 14.2. The molecule has 5 heterocycles. The fourth-order valence-corrected chi connectivity index (χ4v) is 11.3. The number of rotatable bonds is 6. The molecule has 0 fully saturated rings. The molecule has 0 amide bonds. The molecule has 13 aromatic rings. The summed E-state index contributed by atoms with van der Waals surface area (Å²) in [6.07, 6.45) is 0. The Morgan fingerprint density at radius 3 is 1.60 bits per heavy atom. The highest BCUT2D eigenvalue weighted by Gasteiger charge is 2.24. The summed E-state index contributed by atoms with van der Waals surface area (Å²) < 4.78 is 11.4. The summed E-state index contributed by atoms with van der Waals surface area (Å²) in [4.78, 5) is 26.3. The van der Waals surface area contributed by atoms with Crippen molar-refractivity contribution in [1.82, 2.24) is 24.9 Å². The zero-order valence-electron chi connectivity index (χ0n) is 33.4. The molecule has 0 aliphatic heterocycles. The number of hydrogen-bond acceptors (Lipinski definition) is 8. The molecule has 0 unspecified atom stereocenters. The first-order valence-corrected chi connectivity index (χ1v) is 22.4. The van der Waals surface area contributed by atoms with E-state index < -0.39 is 0 Å². The first-order valence-electron chi connectivity index (χ1n) is 20.7. The first kappa shape index (κ1) is 35.8. The molecule has 13 rings (SSSR count). The molecule has 0 aliphatic rings. The van der Waals surface area contributed by atoms with Crippen molar-refractivity contribution >= 4 is 85.1 Å². The van der Waals surface area contributed by atoms with E-state index in [9.17, 15) is 0 Å². The topological polar surface area (TPSA) is 77.6 Å². The predicted octanol–water partition coefficient (Wildman–Crippen LogP) is 15.3. The largest absolute Gasteiger partial charge is 0.456 e. The molecule has 5 aromatic heterocycles. The van der Waals surface area contributed by atoms with Gasteiger partial charge in [0, 0.05) is 68.8 Å². The summed E-state index contributed by atoms with van der Waals surface area (Å²) in [5.74, 6) is 2.41. The third-order valence-electron chi connectivity index (χ3n) is 11.8. The molecule has 6 nitrogen and oxygen atoms in total. The van der Waals surface area contributed by atoms with Gasteiger partial charge in [-0.05, 0) is 41.5 Å². The van der Waals surface area contributed by atoms with Crippen molar-refractivity contribution in [2.75, 3.05) is 0 Å². The summed E-state index contributed by atoms with van der Waals surface area (Å²) in [5, 5.41) is 5.51. The number of benzene rings is 8. The molecular formula is C55H31N5OS2. The van der Waals surface area contributed by atoms with Crippen LogP contribution in [0.25, 0.3) is 130 Å². The minimum atomic E-state index is 0.554. The number of aromatic nitrogens is 5. The van der Waals surface area contributed by atoms with E-state index in [1.807, 2.05) is 84.1 Å². The summed E-state index contributed by atoms with van der Waals surface area (Å²) in [6, 6.07) is 64.9. The number of furan rings is 1.